The average Bonchev–Trinajstić information content (AvgIpc) is 2.80. The monoisotopic (exact) mass is 363 g/mol. The fourth-order valence-corrected chi connectivity index (χ4v) is 4.16. The van der Waals surface area contributed by atoms with Crippen molar-refractivity contribution in [2.45, 2.75) is 57.7 Å². The van der Waals surface area contributed by atoms with Gasteiger partial charge < -0.3 is 4.57 Å². The van der Waals surface area contributed by atoms with Gasteiger partial charge in [0.15, 0.2) is 0 Å². The molecule has 6 heteroatoms. The van der Waals surface area contributed by atoms with Crippen LogP contribution in [0.3, 0.4) is 0 Å². The topological polar surface area (TPSA) is 46.9 Å². The predicted molar refractivity (Wildman–Crippen MR) is 97.7 cm³/mol. The second-order valence-corrected chi connectivity index (χ2v) is 8.32. The summed E-state index contributed by atoms with van der Waals surface area (Å²) in [5.74, 6) is 0.386. The molecule has 134 valence electrons. The summed E-state index contributed by atoms with van der Waals surface area (Å²) < 4.78 is 15.9. The molecule has 2 aliphatic rings. The number of nitrogens with zero attached hydrogens (tertiary/aromatic N) is 2. The van der Waals surface area contributed by atoms with Gasteiger partial charge in [0.05, 0.1) is 11.0 Å². The van der Waals surface area contributed by atoms with Gasteiger partial charge in [0.25, 0.3) is 0 Å². The third-order valence-corrected chi connectivity index (χ3v) is 6.06. The Labute approximate surface area is 151 Å². The van der Waals surface area contributed by atoms with Gasteiger partial charge in [-0.15, -0.1) is 0 Å². The Morgan fingerprint density at radius 2 is 2.16 bits per heavy atom. The van der Waals surface area contributed by atoms with Crippen LogP contribution in [0, 0.1) is 11.8 Å². The molecule has 1 atom stereocenters. The number of hydrogen-bond donors (Lipinski definition) is 1. The molecular weight excluding hydrogens is 341 g/mol. The molecule has 2 fully saturated rings. The Balaban J connectivity index is 1.59. The van der Waals surface area contributed by atoms with Crippen LogP contribution in [0.5, 0.6) is 0 Å². The van der Waals surface area contributed by atoms with Crippen LogP contribution in [0.4, 0.5) is 10.3 Å². The Morgan fingerprint density at radius 1 is 1.44 bits per heavy atom. The molecule has 1 aromatic heterocycles. The summed E-state index contributed by atoms with van der Waals surface area (Å²) in [5, 5.41) is 3.66. The Hall–Kier alpha value is -1.62. The molecule has 0 spiro atoms. The summed E-state index contributed by atoms with van der Waals surface area (Å²) in [5.41, 5.74) is 0.675. The third kappa shape index (κ3) is 3.03. The minimum absolute atomic E-state index is 0.0810. The number of hydrogen-bond acceptors (Lipinski definition) is 2. The molecule has 25 heavy (non-hydrogen) atoms. The summed E-state index contributed by atoms with van der Waals surface area (Å²) in [4.78, 5) is 17.3. The summed E-state index contributed by atoms with van der Waals surface area (Å²) in [6, 6.07) is 5.95. The number of imidazole rings is 1. The summed E-state index contributed by atoms with van der Waals surface area (Å²) in [6.45, 7) is 3.48. The first-order valence-corrected chi connectivity index (χ1v) is 9.39. The second-order valence-electron chi connectivity index (χ2n) is 7.88. The summed E-state index contributed by atoms with van der Waals surface area (Å²) >= 11 is 6.15. The number of benzene rings is 1. The van der Waals surface area contributed by atoms with Crippen LogP contribution in [0.1, 0.15) is 52.0 Å². The molecule has 0 unspecified atom stereocenters. The van der Waals surface area contributed by atoms with E-state index in [9.17, 15) is 9.18 Å². The number of halogens is 2. The molecule has 0 bridgehead atoms. The Bertz CT molecular complexity index is 819. The number of amides is 1. The van der Waals surface area contributed by atoms with Gasteiger partial charge >= 0.3 is 0 Å². The van der Waals surface area contributed by atoms with Crippen molar-refractivity contribution < 1.29 is 9.18 Å². The number of fused-ring (bicyclic) bond motifs is 1. The maximum Gasteiger partial charge on any atom is 0.229 e. The Morgan fingerprint density at radius 3 is 2.76 bits per heavy atom. The van der Waals surface area contributed by atoms with Gasteiger partial charge in [0.2, 0.25) is 11.9 Å². The lowest BCUT2D eigenvalue weighted by Gasteiger charge is -2.41. The third-order valence-electron chi connectivity index (χ3n) is 5.82. The lowest BCUT2D eigenvalue weighted by atomic mass is 9.67. The van der Waals surface area contributed by atoms with Crippen molar-refractivity contribution in [1.29, 1.82) is 0 Å². The molecule has 4 nitrogen and oxygen atoms in total. The van der Waals surface area contributed by atoms with Gasteiger partial charge in [-0.2, -0.15) is 0 Å². The van der Waals surface area contributed by atoms with Crippen molar-refractivity contribution in [2.75, 3.05) is 5.32 Å². The van der Waals surface area contributed by atoms with Crippen molar-refractivity contribution in [3.05, 3.63) is 23.2 Å². The van der Waals surface area contributed by atoms with E-state index in [1.165, 1.54) is 6.42 Å². The van der Waals surface area contributed by atoms with E-state index in [4.69, 9.17) is 11.6 Å². The predicted octanol–water partition coefficient (Wildman–Crippen LogP) is 5.13. The molecule has 2 aliphatic carbocycles. The first-order valence-electron chi connectivity index (χ1n) is 9.01. The molecule has 2 aromatic rings. The standard InChI is InChI=1S/C19H23ClFN3O/c1-11(12-9-19(2,21)10-12)17(25)23-18-22-15-7-6-13(20)8-16(15)24(18)14-4-3-5-14/h6-8,11-12,14H,3-5,9-10H2,1-2H3,(H,22,23,25)/t11-,12?,19?/m0/s1. The van der Waals surface area contributed by atoms with Crippen molar-refractivity contribution in [2.24, 2.45) is 11.8 Å². The molecule has 0 aliphatic heterocycles. The zero-order chi connectivity index (χ0) is 17.8. The van der Waals surface area contributed by atoms with Crippen LogP contribution in [0.25, 0.3) is 11.0 Å². The molecule has 1 heterocycles. The van der Waals surface area contributed by atoms with E-state index in [1.54, 1.807) is 6.92 Å². The molecular formula is C19H23ClFN3O. The molecule has 0 saturated heterocycles. The van der Waals surface area contributed by atoms with Crippen LogP contribution in [0.15, 0.2) is 18.2 Å². The Kier molecular flexibility index (Phi) is 4.02. The average molecular weight is 364 g/mol. The fraction of sp³-hybridized carbons (Fsp3) is 0.579. The molecule has 2 saturated carbocycles. The van der Waals surface area contributed by atoms with Gasteiger partial charge in [-0.3, -0.25) is 10.1 Å². The summed E-state index contributed by atoms with van der Waals surface area (Å²) in [6.07, 6.45) is 4.26. The van der Waals surface area contributed by atoms with Gasteiger partial charge in [-0.25, -0.2) is 9.37 Å². The van der Waals surface area contributed by atoms with Gasteiger partial charge in [-0.1, -0.05) is 18.5 Å². The van der Waals surface area contributed by atoms with Crippen molar-refractivity contribution in [3.8, 4) is 0 Å². The molecule has 1 N–H and O–H groups in total. The number of anilines is 1. The maximum atomic E-state index is 13.7. The molecule has 1 aromatic carbocycles. The van der Waals surface area contributed by atoms with Crippen LogP contribution >= 0.6 is 11.6 Å². The zero-order valence-electron chi connectivity index (χ0n) is 14.6. The maximum absolute atomic E-state index is 13.7. The quantitative estimate of drug-likeness (QED) is 0.818. The van der Waals surface area contributed by atoms with Gasteiger partial charge in [0, 0.05) is 17.0 Å². The molecule has 0 radical (unpaired) electrons. The molecule has 1 amide bonds. The van der Waals surface area contributed by atoms with Crippen LogP contribution in [-0.4, -0.2) is 21.1 Å². The number of aromatic nitrogens is 2. The van der Waals surface area contributed by atoms with E-state index < -0.39 is 5.67 Å². The number of carbonyl (C=O) groups is 1. The number of rotatable bonds is 4. The van der Waals surface area contributed by atoms with E-state index in [0.717, 1.165) is 23.9 Å². The lowest BCUT2D eigenvalue weighted by molar-refractivity contribution is -0.124. The number of nitrogens with one attached hydrogen (secondary N) is 1. The highest BCUT2D eigenvalue weighted by Gasteiger charge is 2.45. The van der Waals surface area contributed by atoms with Crippen molar-refractivity contribution >= 4 is 34.5 Å². The number of alkyl halides is 1. The van der Waals surface area contributed by atoms with E-state index in [1.807, 2.05) is 25.1 Å². The zero-order valence-corrected chi connectivity index (χ0v) is 15.3. The first-order chi connectivity index (χ1) is 11.8. The van der Waals surface area contributed by atoms with E-state index in [0.29, 0.717) is 29.9 Å². The number of carbonyl (C=O) groups excluding carboxylic acids is 1. The first kappa shape index (κ1) is 16.8. The van der Waals surface area contributed by atoms with Crippen molar-refractivity contribution in [3.63, 3.8) is 0 Å². The highest BCUT2D eigenvalue weighted by atomic mass is 35.5. The SMILES string of the molecule is C[C@H](C(=O)Nc1nc2ccc(Cl)cc2n1C1CCC1)C1CC(C)(F)C1. The van der Waals surface area contributed by atoms with Gasteiger partial charge in [-0.05, 0) is 63.1 Å². The largest absolute Gasteiger partial charge is 0.307 e. The minimum Gasteiger partial charge on any atom is -0.307 e. The second kappa shape index (κ2) is 5.97. The van der Waals surface area contributed by atoms with E-state index in [2.05, 4.69) is 14.9 Å². The van der Waals surface area contributed by atoms with Crippen LogP contribution < -0.4 is 5.32 Å². The highest BCUT2D eigenvalue weighted by Crippen LogP contribution is 2.45. The van der Waals surface area contributed by atoms with E-state index in [-0.39, 0.29) is 17.7 Å². The normalized spacial score (nSPS) is 27.6. The highest BCUT2D eigenvalue weighted by molar-refractivity contribution is 6.31. The molecule has 4 rings (SSSR count). The smallest absolute Gasteiger partial charge is 0.229 e. The fourth-order valence-electron chi connectivity index (χ4n) is 3.99. The van der Waals surface area contributed by atoms with Crippen LogP contribution in [-0.2, 0) is 4.79 Å². The van der Waals surface area contributed by atoms with E-state index >= 15 is 0 Å². The van der Waals surface area contributed by atoms with Gasteiger partial charge in [0.1, 0.15) is 5.67 Å². The van der Waals surface area contributed by atoms with Crippen LogP contribution in [0.2, 0.25) is 5.02 Å². The summed E-state index contributed by atoms with van der Waals surface area (Å²) in [7, 11) is 0. The van der Waals surface area contributed by atoms with Crippen molar-refractivity contribution in [1.82, 2.24) is 9.55 Å². The minimum atomic E-state index is -1.12. The lowest BCUT2D eigenvalue weighted by Crippen LogP contribution is -2.43.